The fraction of sp³-hybridized carbons (Fsp3) is 0.333. The van der Waals surface area contributed by atoms with Crippen molar-refractivity contribution in [3.05, 3.63) is 24.2 Å². The number of pyridine rings is 1. The lowest BCUT2D eigenvalue weighted by molar-refractivity contribution is 0.0928. The molecule has 0 radical (unpaired) electrons. The van der Waals surface area contributed by atoms with Crippen molar-refractivity contribution in [1.82, 2.24) is 9.55 Å². The van der Waals surface area contributed by atoms with E-state index in [1.165, 1.54) is 0 Å². The molecular formula is C12H12N2OS. The molecule has 0 bridgehead atoms. The van der Waals surface area contributed by atoms with Gasteiger partial charge >= 0.3 is 0 Å². The van der Waals surface area contributed by atoms with Crippen LogP contribution in [0.15, 0.2) is 23.4 Å². The van der Waals surface area contributed by atoms with E-state index in [4.69, 9.17) is 0 Å². The minimum Gasteiger partial charge on any atom is -0.283 e. The van der Waals surface area contributed by atoms with E-state index in [9.17, 15) is 4.79 Å². The first-order chi connectivity index (χ1) is 7.81. The van der Waals surface area contributed by atoms with Crippen LogP contribution in [-0.4, -0.2) is 21.2 Å². The van der Waals surface area contributed by atoms with Gasteiger partial charge < -0.3 is 0 Å². The molecule has 0 fully saturated rings. The maximum atomic E-state index is 11.8. The maximum absolute atomic E-state index is 11.8. The van der Waals surface area contributed by atoms with Gasteiger partial charge in [0.05, 0.1) is 10.4 Å². The summed E-state index contributed by atoms with van der Waals surface area (Å²) in [5, 5.41) is 1.08. The van der Waals surface area contributed by atoms with Crippen molar-refractivity contribution in [3.8, 4) is 0 Å². The molecule has 2 aromatic rings. The second-order valence-electron chi connectivity index (χ2n) is 3.87. The highest BCUT2D eigenvalue weighted by Crippen LogP contribution is 2.32. The van der Waals surface area contributed by atoms with Crippen LogP contribution >= 0.6 is 11.8 Å². The molecule has 0 spiro atoms. The Morgan fingerprint density at radius 1 is 1.44 bits per heavy atom. The largest absolute Gasteiger partial charge is 0.283 e. The SMILES string of the molecule is CCSc1cncc2cc3n(c12)C(=O)CC3. The van der Waals surface area contributed by atoms with Gasteiger partial charge in [-0.2, -0.15) is 0 Å². The Labute approximate surface area is 97.9 Å². The van der Waals surface area contributed by atoms with Crippen molar-refractivity contribution in [2.45, 2.75) is 24.7 Å². The van der Waals surface area contributed by atoms with Crippen LogP contribution < -0.4 is 0 Å². The lowest BCUT2D eigenvalue weighted by atomic mass is 10.2. The van der Waals surface area contributed by atoms with E-state index in [0.717, 1.165) is 33.7 Å². The summed E-state index contributed by atoms with van der Waals surface area (Å²) in [5.74, 6) is 1.21. The van der Waals surface area contributed by atoms with Gasteiger partial charge in [-0.3, -0.25) is 14.3 Å². The topological polar surface area (TPSA) is 34.9 Å². The van der Waals surface area contributed by atoms with Crippen molar-refractivity contribution in [2.75, 3.05) is 5.75 Å². The molecular weight excluding hydrogens is 220 g/mol. The summed E-state index contributed by atoms with van der Waals surface area (Å²) in [6.07, 6.45) is 5.20. The lowest BCUT2D eigenvalue weighted by Crippen LogP contribution is -2.04. The van der Waals surface area contributed by atoms with Crippen LogP contribution in [0.5, 0.6) is 0 Å². The van der Waals surface area contributed by atoms with Crippen LogP contribution in [0.25, 0.3) is 10.9 Å². The second kappa shape index (κ2) is 3.63. The summed E-state index contributed by atoms with van der Waals surface area (Å²) < 4.78 is 1.87. The van der Waals surface area contributed by atoms with Crippen LogP contribution in [-0.2, 0) is 6.42 Å². The Hall–Kier alpha value is -1.29. The molecule has 2 aromatic heterocycles. The highest BCUT2D eigenvalue weighted by atomic mass is 32.2. The maximum Gasteiger partial charge on any atom is 0.231 e. The summed E-state index contributed by atoms with van der Waals surface area (Å²) in [6.45, 7) is 2.11. The van der Waals surface area contributed by atoms with Gasteiger partial charge in [-0.05, 0) is 18.2 Å². The fourth-order valence-electron chi connectivity index (χ4n) is 2.26. The van der Waals surface area contributed by atoms with E-state index in [1.807, 2.05) is 17.0 Å². The molecule has 82 valence electrons. The van der Waals surface area contributed by atoms with E-state index >= 15 is 0 Å². The van der Waals surface area contributed by atoms with E-state index in [1.54, 1.807) is 11.8 Å². The van der Waals surface area contributed by atoms with E-state index in [0.29, 0.717) is 6.42 Å². The van der Waals surface area contributed by atoms with E-state index in [2.05, 4.69) is 18.0 Å². The number of aromatic nitrogens is 2. The summed E-state index contributed by atoms with van der Waals surface area (Å²) in [7, 11) is 0. The molecule has 0 saturated carbocycles. The molecule has 0 N–H and O–H groups in total. The Morgan fingerprint density at radius 2 is 2.31 bits per heavy atom. The summed E-state index contributed by atoms with van der Waals surface area (Å²) in [5.41, 5.74) is 2.19. The number of carbonyl (C=O) groups excluding carboxylic acids is 1. The van der Waals surface area contributed by atoms with Crippen LogP contribution in [0.4, 0.5) is 0 Å². The molecule has 16 heavy (non-hydrogen) atoms. The molecule has 0 amide bonds. The highest BCUT2D eigenvalue weighted by Gasteiger charge is 2.23. The van der Waals surface area contributed by atoms with Crippen LogP contribution in [0.2, 0.25) is 0 Å². The molecule has 0 saturated heterocycles. The Bertz CT molecular complexity index is 574. The van der Waals surface area contributed by atoms with Crippen LogP contribution in [0.3, 0.4) is 0 Å². The number of rotatable bonds is 2. The third kappa shape index (κ3) is 1.29. The number of hydrogen-bond acceptors (Lipinski definition) is 3. The summed E-state index contributed by atoms with van der Waals surface area (Å²) in [4.78, 5) is 17.2. The van der Waals surface area contributed by atoms with Gasteiger partial charge in [0, 0.05) is 29.9 Å². The average molecular weight is 232 g/mol. The Balaban J connectivity index is 2.32. The molecule has 0 atom stereocenters. The first kappa shape index (κ1) is 9.90. The smallest absolute Gasteiger partial charge is 0.231 e. The molecule has 0 aromatic carbocycles. The fourth-order valence-corrected chi connectivity index (χ4v) is 3.05. The van der Waals surface area contributed by atoms with E-state index < -0.39 is 0 Å². The molecule has 4 heteroatoms. The third-order valence-electron chi connectivity index (χ3n) is 2.89. The standard InChI is InChI=1S/C12H12N2OS/c1-2-16-10-7-13-6-8-5-9-3-4-11(15)14(9)12(8)10/h5-7H,2-4H2,1H3. The minimum atomic E-state index is 0.217. The molecule has 3 nitrogen and oxygen atoms in total. The number of aryl methyl sites for hydroxylation is 1. The first-order valence-corrected chi connectivity index (χ1v) is 6.44. The zero-order valence-corrected chi connectivity index (χ0v) is 9.88. The molecule has 0 aliphatic carbocycles. The number of fused-ring (bicyclic) bond motifs is 3. The van der Waals surface area contributed by atoms with Gasteiger partial charge in [0.2, 0.25) is 5.91 Å². The molecule has 3 rings (SSSR count). The lowest BCUT2D eigenvalue weighted by Gasteiger charge is -2.04. The van der Waals surface area contributed by atoms with E-state index in [-0.39, 0.29) is 5.91 Å². The van der Waals surface area contributed by atoms with Gasteiger partial charge in [0.15, 0.2) is 0 Å². The highest BCUT2D eigenvalue weighted by molar-refractivity contribution is 7.99. The Morgan fingerprint density at radius 3 is 3.12 bits per heavy atom. The van der Waals surface area contributed by atoms with Gasteiger partial charge in [-0.15, -0.1) is 11.8 Å². The zero-order chi connectivity index (χ0) is 11.1. The van der Waals surface area contributed by atoms with Gasteiger partial charge in [0.1, 0.15) is 0 Å². The molecule has 3 heterocycles. The zero-order valence-electron chi connectivity index (χ0n) is 9.06. The third-order valence-corrected chi connectivity index (χ3v) is 3.79. The van der Waals surface area contributed by atoms with Gasteiger partial charge in [0.25, 0.3) is 0 Å². The van der Waals surface area contributed by atoms with Crippen molar-refractivity contribution in [1.29, 1.82) is 0 Å². The summed E-state index contributed by atoms with van der Waals surface area (Å²) in [6, 6.07) is 2.09. The van der Waals surface area contributed by atoms with Gasteiger partial charge in [-0.1, -0.05) is 6.92 Å². The number of nitrogens with zero attached hydrogens (tertiary/aromatic N) is 2. The molecule has 1 aliphatic rings. The minimum absolute atomic E-state index is 0.217. The average Bonchev–Trinajstić information content (AvgIpc) is 2.80. The predicted molar refractivity (Wildman–Crippen MR) is 65.1 cm³/mol. The Kier molecular flexibility index (Phi) is 2.24. The van der Waals surface area contributed by atoms with Crippen molar-refractivity contribution >= 4 is 28.6 Å². The number of thioether (sulfide) groups is 1. The van der Waals surface area contributed by atoms with Crippen molar-refractivity contribution in [3.63, 3.8) is 0 Å². The van der Waals surface area contributed by atoms with Crippen molar-refractivity contribution in [2.24, 2.45) is 0 Å². The van der Waals surface area contributed by atoms with Crippen molar-refractivity contribution < 1.29 is 4.79 Å². The van der Waals surface area contributed by atoms with Crippen LogP contribution in [0.1, 0.15) is 23.8 Å². The number of hydrogen-bond donors (Lipinski definition) is 0. The predicted octanol–water partition coefficient (Wildman–Crippen LogP) is 2.73. The number of carbonyl (C=O) groups is 1. The first-order valence-electron chi connectivity index (χ1n) is 5.45. The second-order valence-corrected chi connectivity index (χ2v) is 5.18. The normalized spacial score (nSPS) is 14.7. The van der Waals surface area contributed by atoms with Gasteiger partial charge in [-0.25, -0.2) is 0 Å². The molecule has 1 aliphatic heterocycles. The quantitative estimate of drug-likeness (QED) is 0.747. The van der Waals surface area contributed by atoms with Crippen LogP contribution in [0, 0.1) is 0 Å². The summed E-state index contributed by atoms with van der Waals surface area (Å²) >= 11 is 1.74. The molecule has 0 unspecified atom stereocenters. The monoisotopic (exact) mass is 232 g/mol.